The van der Waals surface area contributed by atoms with E-state index < -0.39 is 24.0 Å². The summed E-state index contributed by atoms with van der Waals surface area (Å²) in [7, 11) is 0. The minimum absolute atomic E-state index is 0.168. The van der Waals surface area contributed by atoms with Gasteiger partial charge in [-0.05, 0) is 43.9 Å². The van der Waals surface area contributed by atoms with Gasteiger partial charge in [-0.15, -0.1) is 0 Å². The molecule has 3 rings (SSSR count). The van der Waals surface area contributed by atoms with Crippen molar-refractivity contribution < 1.29 is 14.3 Å². The Balaban J connectivity index is 1.60. The number of hydrogen-bond donors (Lipinski definition) is 1. The molecule has 0 bridgehead atoms. The number of carbonyl (C=O) groups excluding carboxylic acids is 2. The monoisotopic (exact) mass is 324 g/mol. The first-order chi connectivity index (χ1) is 11.5. The van der Waals surface area contributed by atoms with Crippen LogP contribution in [0.1, 0.15) is 30.1 Å². The van der Waals surface area contributed by atoms with Gasteiger partial charge >= 0.3 is 5.97 Å². The first kappa shape index (κ1) is 15.9. The van der Waals surface area contributed by atoms with Crippen molar-refractivity contribution in [3.63, 3.8) is 0 Å². The number of fused-ring (bicyclic) bond motifs is 1. The molecule has 1 N–H and O–H groups in total. The van der Waals surface area contributed by atoms with Crippen molar-refractivity contribution in [1.82, 2.24) is 15.3 Å². The fourth-order valence-corrected chi connectivity index (χ4v) is 2.51. The van der Waals surface area contributed by atoms with Crippen LogP contribution in [-0.2, 0) is 9.53 Å². The molecule has 2 aromatic rings. The second-order valence-electron chi connectivity index (χ2n) is 5.97. The zero-order valence-electron chi connectivity index (χ0n) is 13.2. The van der Waals surface area contributed by atoms with Gasteiger partial charge in [0.25, 0.3) is 5.91 Å². The summed E-state index contributed by atoms with van der Waals surface area (Å²) in [6.45, 7) is 1.26. The van der Waals surface area contributed by atoms with Gasteiger partial charge in [-0.25, -0.2) is 4.79 Å². The first-order valence-electron chi connectivity index (χ1n) is 7.62. The molecule has 0 saturated heterocycles. The summed E-state index contributed by atoms with van der Waals surface area (Å²) in [6.07, 6.45) is 4.94. The van der Waals surface area contributed by atoms with Gasteiger partial charge < -0.3 is 10.1 Å². The van der Waals surface area contributed by atoms with E-state index in [0.29, 0.717) is 16.6 Å². The molecule has 0 aliphatic heterocycles. The first-order valence-corrected chi connectivity index (χ1v) is 7.62. The number of nitrogens with zero attached hydrogens (tertiary/aromatic N) is 3. The number of amides is 1. The van der Waals surface area contributed by atoms with Gasteiger partial charge in [-0.2, -0.15) is 5.26 Å². The molecule has 0 unspecified atom stereocenters. The third-order valence-electron chi connectivity index (χ3n) is 4.06. The van der Waals surface area contributed by atoms with E-state index >= 15 is 0 Å². The molecule has 1 atom stereocenters. The molecule has 122 valence electrons. The van der Waals surface area contributed by atoms with Gasteiger partial charge in [0.2, 0.25) is 0 Å². The molecule has 1 aliphatic carbocycles. The second kappa shape index (κ2) is 6.24. The number of nitrogens with one attached hydrogen (secondary N) is 1. The molecular formula is C17H16N4O3. The number of rotatable bonds is 5. The Kier molecular flexibility index (Phi) is 4.13. The van der Waals surface area contributed by atoms with Crippen molar-refractivity contribution in [2.24, 2.45) is 5.92 Å². The lowest BCUT2D eigenvalue weighted by molar-refractivity contribution is -0.125. The highest BCUT2D eigenvalue weighted by Gasteiger charge is 2.43. The van der Waals surface area contributed by atoms with E-state index in [-0.39, 0.29) is 5.92 Å². The molecule has 1 heterocycles. The molecule has 1 aliphatic rings. The fourth-order valence-electron chi connectivity index (χ4n) is 2.51. The summed E-state index contributed by atoms with van der Waals surface area (Å²) >= 11 is 0. The minimum atomic E-state index is -0.901. The average molecular weight is 324 g/mol. The number of esters is 1. The standard InChI is InChI=1S/C17H16N4O3/c1-17(10-18,12-3-4-12)21-15(22)9-24-16(23)11-2-5-13-14(8-11)20-7-6-19-13/h2,5-8,12H,3-4,9H2,1H3,(H,21,22)/t17-/m0/s1. The number of carbonyl (C=O) groups is 2. The van der Waals surface area contributed by atoms with E-state index in [4.69, 9.17) is 4.74 Å². The van der Waals surface area contributed by atoms with Crippen molar-refractivity contribution in [1.29, 1.82) is 5.26 Å². The lowest BCUT2D eigenvalue weighted by Crippen LogP contribution is -2.48. The molecule has 1 aromatic heterocycles. The summed E-state index contributed by atoms with van der Waals surface area (Å²) in [5.41, 5.74) is 0.631. The maximum atomic E-state index is 12.1. The predicted octanol–water partition coefficient (Wildman–Crippen LogP) is 1.60. The summed E-state index contributed by atoms with van der Waals surface area (Å²) in [6, 6.07) is 6.92. The lowest BCUT2D eigenvalue weighted by atomic mass is 9.98. The van der Waals surface area contributed by atoms with Crippen LogP contribution in [0.4, 0.5) is 0 Å². The van der Waals surface area contributed by atoms with E-state index in [0.717, 1.165) is 12.8 Å². The third-order valence-corrected chi connectivity index (χ3v) is 4.06. The minimum Gasteiger partial charge on any atom is -0.452 e. The van der Waals surface area contributed by atoms with Crippen LogP contribution in [0.3, 0.4) is 0 Å². The summed E-state index contributed by atoms with van der Waals surface area (Å²) in [5, 5.41) is 11.9. The summed E-state index contributed by atoms with van der Waals surface area (Å²) < 4.78 is 5.02. The Morgan fingerprint density at radius 2 is 2.04 bits per heavy atom. The number of hydrogen-bond acceptors (Lipinski definition) is 6. The van der Waals surface area contributed by atoms with Crippen LogP contribution >= 0.6 is 0 Å². The predicted molar refractivity (Wildman–Crippen MR) is 84.7 cm³/mol. The van der Waals surface area contributed by atoms with Gasteiger partial charge in [0, 0.05) is 12.4 Å². The van der Waals surface area contributed by atoms with Crippen LogP contribution in [-0.4, -0.2) is 34.0 Å². The number of nitriles is 1. The number of aromatic nitrogens is 2. The van der Waals surface area contributed by atoms with E-state index in [9.17, 15) is 14.9 Å². The molecule has 0 radical (unpaired) electrons. The molecule has 1 aromatic carbocycles. The fraction of sp³-hybridized carbons (Fsp3) is 0.353. The van der Waals surface area contributed by atoms with Crippen molar-refractivity contribution in [3.8, 4) is 6.07 Å². The highest BCUT2D eigenvalue weighted by molar-refractivity contribution is 5.94. The molecule has 0 spiro atoms. The highest BCUT2D eigenvalue weighted by atomic mass is 16.5. The Morgan fingerprint density at radius 3 is 2.71 bits per heavy atom. The molecule has 1 amide bonds. The van der Waals surface area contributed by atoms with Crippen molar-refractivity contribution in [3.05, 3.63) is 36.2 Å². The Bertz CT molecular complexity index is 841. The van der Waals surface area contributed by atoms with Crippen molar-refractivity contribution in [2.75, 3.05) is 6.61 Å². The Morgan fingerprint density at radius 1 is 1.33 bits per heavy atom. The normalized spacial score (nSPS) is 16.0. The molecular weight excluding hydrogens is 308 g/mol. The molecule has 24 heavy (non-hydrogen) atoms. The Hall–Kier alpha value is -3.01. The van der Waals surface area contributed by atoms with Crippen LogP contribution in [0.5, 0.6) is 0 Å². The van der Waals surface area contributed by atoms with Gasteiger partial charge in [0.15, 0.2) is 6.61 Å². The van der Waals surface area contributed by atoms with E-state index in [2.05, 4.69) is 21.4 Å². The highest BCUT2D eigenvalue weighted by Crippen LogP contribution is 2.39. The van der Waals surface area contributed by atoms with Gasteiger partial charge in [0.1, 0.15) is 5.54 Å². The maximum absolute atomic E-state index is 12.1. The summed E-state index contributed by atoms with van der Waals surface area (Å²) in [4.78, 5) is 32.2. The van der Waals surface area contributed by atoms with Crippen LogP contribution < -0.4 is 5.32 Å². The lowest BCUT2D eigenvalue weighted by Gasteiger charge is -2.22. The molecule has 7 heteroatoms. The van der Waals surface area contributed by atoms with Crippen LogP contribution in [0.2, 0.25) is 0 Å². The quantitative estimate of drug-likeness (QED) is 0.837. The van der Waals surface area contributed by atoms with Crippen LogP contribution in [0.25, 0.3) is 11.0 Å². The van der Waals surface area contributed by atoms with Gasteiger partial charge in [-0.1, -0.05) is 0 Å². The van der Waals surface area contributed by atoms with Crippen LogP contribution in [0.15, 0.2) is 30.6 Å². The van der Waals surface area contributed by atoms with Gasteiger partial charge in [0.05, 0.1) is 22.7 Å². The molecule has 1 fully saturated rings. The Labute approximate surface area is 138 Å². The average Bonchev–Trinajstić information content (AvgIpc) is 3.44. The van der Waals surface area contributed by atoms with E-state index in [1.54, 1.807) is 31.3 Å². The van der Waals surface area contributed by atoms with E-state index in [1.165, 1.54) is 6.20 Å². The summed E-state index contributed by atoms with van der Waals surface area (Å²) in [5.74, 6) is -0.941. The SMILES string of the molecule is C[C@@](C#N)(NC(=O)COC(=O)c1ccc2nccnc2c1)C1CC1. The molecule has 7 nitrogen and oxygen atoms in total. The maximum Gasteiger partial charge on any atom is 0.338 e. The van der Waals surface area contributed by atoms with Crippen molar-refractivity contribution >= 4 is 22.9 Å². The number of ether oxygens (including phenoxy) is 1. The molecule has 1 saturated carbocycles. The third kappa shape index (κ3) is 3.33. The topological polar surface area (TPSA) is 105 Å². The number of benzene rings is 1. The second-order valence-corrected chi connectivity index (χ2v) is 5.97. The van der Waals surface area contributed by atoms with E-state index in [1.807, 2.05) is 0 Å². The van der Waals surface area contributed by atoms with Crippen molar-refractivity contribution in [2.45, 2.75) is 25.3 Å². The smallest absolute Gasteiger partial charge is 0.338 e. The zero-order chi connectivity index (χ0) is 17.2. The van der Waals surface area contributed by atoms with Gasteiger partial charge in [-0.3, -0.25) is 14.8 Å². The largest absolute Gasteiger partial charge is 0.452 e. The zero-order valence-corrected chi connectivity index (χ0v) is 13.2. The van der Waals surface area contributed by atoms with Crippen LogP contribution in [0, 0.1) is 17.2 Å².